The van der Waals surface area contributed by atoms with Crippen LogP contribution in [0.1, 0.15) is 17.4 Å². The number of H-pyrrole nitrogens is 1. The first-order chi connectivity index (χ1) is 17.7. The number of halogens is 3. The van der Waals surface area contributed by atoms with Crippen molar-refractivity contribution in [3.63, 3.8) is 0 Å². The van der Waals surface area contributed by atoms with E-state index in [4.69, 9.17) is 0 Å². The van der Waals surface area contributed by atoms with Crippen molar-refractivity contribution in [2.75, 3.05) is 5.32 Å². The third-order valence-corrected chi connectivity index (χ3v) is 6.00. The predicted octanol–water partition coefficient (Wildman–Crippen LogP) is 5.45. The van der Waals surface area contributed by atoms with Crippen molar-refractivity contribution in [2.45, 2.75) is 19.1 Å². The molecule has 0 spiro atoms. The van der Waals surface area contributed by atoms with Crippen LogP contribution in [0, 0.1) is 0 Å². The van der Waals surface area contributed by atoms with Crippen LogP contribution in [0.2, 0.25) is 0 Å². The number of benzene rings is 2. The molecule has 0 bridgehead atoms. The van der Waals surface area contributed by atoms with Crippen LogP contribution in [0.15, 0.2) is 73.3 Å². The van der Waals surface area contributed by atoms with E-state index in [1.54, 1.807) is 60.7 Å². The number of amides is 1. The molecule has 188 valence electrons. The van der Waals surface area contributed by atoms with E-state index in [0.717, 1.165) is 23.9 Å². The van der Waals surface area contributed by atoms with Gasteiger partial charge in [0, 0.05) is 35.4 Å². The Hall–Kier alpha value is -4.67. The third kappa shape index (κ3) is 5.01. The van der Waals surface area contributed by atoms with Crippen LogP contribution in [0.5, 0.6) is 0 Å². The van der Waals surface area contributed by atoms with E-state index in [0.29, 0.717) is 28.1 Å². The Morgan fingerprint density at radius 1 is 1.05 bits per heavy atom. The monoisotopic (exact) mass is 505 g/mol. The summed E-state index contributed by atoms with van der Waals surface area (Å²) in [6, 6.07) is 14.5. The molecule has 5 rings (SSSR count). The zero-order valence-electron chi connectivity index (χ0n) is 19.8. The summed E-state index contributed by atoms with van der Waals surface area (Å²) in [7, 11) is 1.63. The molecule has 3 aromatic heterocycles. The Kier molecular flexibility index (Phi) is 6.12. The Morgan fingerprint density at radius 3 is 2.51 bits per heavy atom. The quantitative estimate of drug-likeness (QED) is 0.285. The van der Waals surface area contributed by atoms with Gasteiger partial charge in [-0.25, -0.2) is 15.0 Å². The second-order valence-electron chi connectivity index (χ2n) is 8.53. The molecule has 37 heavy (non-hydrogen) atoms. The van der Waals surface area contributed by atoms with Crippen molar-refractivity contribution in [1.82, 2.24) is 29.8 Å². The van der Waals surface area contributed by atoms with Crippen molar-refractivity contribution in [3.8, 4) is 22.6 Å². The Morgan fingerprint density at radius 2 is 1.81 bits per heavy atom. The first kappa shape index (κ1) is 24.0. The summed E-state index contributed by atoms with van der Waals surface area (Å²) < 4.78 is 40.2. The molecule has 5 aromatic rings. The lowest BCUT2D eigenvalue weighted by molar-refractivity contribution is -0.149. The maximum atomic E-state index is 12.9. The molecule has 0 saturated carbocycles. The highest BCUT2D eigenvalue weighted by Crippen LogP contribution is 2.27. The summed E-state index contributed by atoms with van der Waals surface area (Å²) in [5.41, 5.74) is 4.25. The van der Waals surface area contributed by atoms with Gasteiger partial charge in [0.15, 0.2) is 5.82 Å². The maximum absolute atomic E-state index is 12.9. The zero-order valence-corrected chi connectivity index (χ0v) is 19.8. The van der Waals surface area contributed by atoms with Crippen LogP contribution in [0.3, 0.4) is 0 Å². The van der Waals surface area contributed by atoms with Gasteiger partial charge >= 0.3 is 6.18 Å². The van der Waals surface area contributed by atoms with Gasteiger partial charge in [-0.2, -0.15) is 13.2 Å². The third-order valence-electron chi connectivity index (χ3n) is 6.00. The summed E-state index contributed by atoms with van der Waals surface area (Å²) in [5.74, 6) is 0.248. The summed E-state index contributed by atoms with van der Waals surface area (Å²) in [5, 5.41) is 5.97. The minimum Gasteiger partial charge on any atom is -0.345 e. The molecule has 0 fully saturated rings. The molecule has 11 heteroatoms. The van der Waals surface area contributed by atoms with Crippen molar-refractivity contribution >= 4 is 28.3 Å². The SMILES string of the molecule is C[C@H](NC(=O)c1cc2ccc(-c3nccc(Nc4ccc(-c5cnc[nH]5)cc4)n3)cc2n1C)C(F)(F)F. The molecule has 8 nitrogen and oxygen atoms in total. The highest BCUT2D eigenvalue weighted by molar-refractivity contribution is 5.99. The molecular weight excluding hydrogens is 483 g/mol. The minimum atomic E-state index is -4.52. The van der Waals surface area contributed by atoms with Crippen LogP contribution in [0.25, 0.3) is 33.5 Å². The van der Waals surface area contributed by atoms with Gasteiger partial charge < -0.3 is 20.2 Å². The molecule has 3 heterocycles. The van der Waals surface area contributed by atoms with Gasteiger partial charge in [-0.15, -0.1) is 0 Å². The predicted molar refractivity (Wildman–Crippen MR) is 134 cm³/mol. The number of carbonyl (C=O) groups is 1. The second kappa shape index (κ2) is 9.41. The number of rotatable bonds is 6. The number of alkyl halides is 3. The average molecular weight is 506 g/mol. The summed E-state index contributed by atoms with van der Waals surface area (Å²) in [4.78, 5) is 28.6. The van der Waals surface area contributed by atoms with Crippen molar-refractivity contribution < 1.29 is 18.0 Å². The fourth-order valence-electron chi connectivity index (χ4n) is 3.90. The first-order valence-corrected chi connectivity index (χ1v) is 11.4. The highest BCUT2D eigenvalue weighted by atomic mass is 19.4. The molecule has 3 N–H and O–H groups in total. The lowest BCUT2D eigenvalue weighted by Gasteiger charge is -2.17. The largest absolute Gasteiger partial charge is 0.408 e. The number of hydrogen-bond acceptors (Lipinski definition) is 5. The van der Waals surface area contributed by atoms with Gasteiger partial charge in [-0.05, 0) is 42.8 Å². The Bertz CT molecular complexity index is 1560. The van der Waals surface area contributed by atoms with Gasteiger partial charge in [-0.1, -0.05) is 24.3 Å². The van der Waals surface area contributed by atoms with E-state index >= 15 is 0 Å². The number of hydrogen-bond donors (Lipinski definition) is 3. The number of aromatic amines is 1. The molecule has 0 unspecified atom stereocenters. The molecule has 0 aliphatic heterocycles. The second-order valence-corrected chi connectivity index (χ2v) is 8.53. The summed E-state index contributed by atoms with van der Waals surface area (Å²) >= 11 is 0. The van der Waals surface area contributed by atoms with Gasteiger partial charge in [-0.3, -0.25) is 4.79 Å². The molecular formula is C26H22F3N7O. The number of nitrogens with one attached hydrogen (secondary N) is 3. The molecule has 1 atom stereocenters. The van der Waals surface area contributed by atoms with E-state index in [1.165, 1.54) is 0 Å². The number of aromatic nitrogens is 5. The van der Waals surface area contributed by atoms with Gasteiger partial charge in [0.05, 0.1) is 18.2 Å². The van der Waals surface area contributed by atoms with E-state index in [9.17, 15) is 18.0 Å². The summed E-state index contributed by atoms with van der Waals surface area (Å²) in [6.07, 6.45) is 0.490. The molecule has 1 amide bonds. The maximum Gasteiger partial charge on any atom is 0.408 e. The molecule has 0 radical (unpaired) electrons. The molecule has 0 saturated heterocycles. The van der Waals surface area contributed by atoms with Crippen molar-refractivity contribution in [1.29, 1.82) is 0 Å². The van der Waals surface area contributed by atoms with Crippen molar-refractivity contribution in [2.24, 2.45) is 7.05 Å². The fraction of sp³-hybridized carbons (Fsp3) is 0.154. The number of aryl methyl sites for hydroxylation is 1. The van der Waals surface area contributed by atoms with Crippen LogP contribution in [0.4, 0.5) is 24.7 Å². The molecule has 0 aliphatic carbocycles. The minimum absolute atomic E-state index is 0.123. The zero-order chi connectivity index (χ0) is 26.2. The van der Waals surface area contributed by atoms with Gasteiger partial charge in [0.2, 0.25) is 0 Å². The summed E-state index contributed by atoms with van der Waals surface area (Å²) in [6.45, 7) is 0.907. The molecule has 0 aliphatic rings. The van der Waals surface area contributed by atoms with Gasteiger partial charge in [0.25, 0.3) is 5.91 Å². The van der Waals surface area contributed by atoms with Crippen LogP contribution >= 0.6 is 0 Å². The standard InChI is InChI=1S/C26H22F3N7O/c1-15(26(27,28)29)33-25(37)22-11-17-3-4-18(12-21(17)36(22)2)24-31-10-9-23(35-24)34-19-7-5-16(6-8-19)20-13-30-14-32-20/h3-15H,1-2H3,(H,30,32)(H,33,37)(H,31,34,35)/t15-/m0/s1. The van der Waals surface area contributed by atoms with Crippen molar-refractivity contribution in [3.05, 3.63) is 79.0 Å². The van der Waals surface area contributed by atoms with E-state index in [-0.39, 0.29) is 5.69 Å². The van der Waals surface area contributed by atoms with Crippen LogP contribution in [-0.2, 0) is 7.05 Å². The average Bonchev–Trinajstić information content (AvgIpc) is 3.52. The topological polar surface area (TPSA) is 101 Å². The van der Waals surface area contributed by atoms with E-state index in [1.807, 2.05) is 29.6 Å². The number of carbonyl (C=O) groups excluding carboxylic acids is 1. The molecule has 2 aromatic carbocycles. The normalized spacial score (nSPS) is 12.5. The van der Waals surface area contributed by atoms with Gasteiger partial charge in [0.1, 0.15) is 17.6 Å². The lowest BCUT2D eigenvalue weighted by atomic mass is 10.1. The highest BCUT2D eigenvalue weighted by Gasteiger charge is 2.37. The fourth-order valence-corrected chi connectivity index (χ4v) is 3.90. The lowest BCUT2D eigenvalue weighted by Crippen LogP contribution is -2.43. The smallest absolute Gasteiger partial charge is 0.345 e. The number of fused-ring (bicyclic) bond motifs is 1. The number of imidazole rings is 1. The van der Waals surface area contributed by atoms with E-state index in [2.05, 4.69) is 25.3 Å². The van der Waals surface area contributed by atoms with Crippen LogP contribution < -0.4 is 10.6 Å². The Balaban J connectivity index is 1.37. The number of anilines is 2. The van der Waals surface area contributed by atoms with Crippen LogP contribution in [-0.4, -0.2) is 42.6 Å². The number of nitrogens with zero attached hydrogens (tertiary/aromatic N) is 4. The Labute approximate surface area is 209 Å². The van der Waals surface area contributed by atoms with E-state index < -0.39 is 18.1 Å². The first-order valence-electron chi connectivity index (χ1n) is 11.4.